The van der Waals surface area contributed by atoms with E-state index in [9.17, 15) is 4.39 Å². The number of nitrogens with one attached hydrogen (secondary N) is 1. The van der Waals surface area contributed by atoms with Crippen LogP contribution < -0.4 is 10.1 Å². The van der Waals surface area contributed by atoms with Gasteiger partial charge in [-0.15, -0.1) is 0 Å². The van der Waals surface area contributed by atoms with Gasteiger partial charge in [-0.05, 0) is 31.7 Å². The molecule has 0 aliphatic carbocycles. The van der Waals surface area contributed by atoms with Crippen LogP contribution in [-0.4, -0.2) is 26.9 Å². The average molecular weight is 241 g/mol. The van der Waals surface area contributed by atoms with Crippen LogP contribution in [0.15, 0.2) is 18.2 Å². The van der Waals surface area contributed by atoms with E-state index in [0.29, 0.717) is 32.1 Å². The SMILES string of the molecule is CCOCCCOc1ccc(CNC)cc1F. The molecule has 0 aromatic heterocycles. The van der Waals surface area contributed by atoms with E-state index in [1.54, 1.807) is 6.07 Å². The standard InChI is InChI=1S/C13H20FNO2/c1-3-16-7-4-8-17-13-6-5-11(10-15-2)9-12(13)14/h5-6,9,15H,3-4,7-8,10H2,1-2H3. The summed E-state index contributed by atoms with van der Waals surface area (Å²) in [5, 5.41) is 2.97. The van der Waals surface area contributed by atoms with Crippen LogP contribution in [0.5, 0.6) is 5.75 Å². The number of hydrogen-bond donors (Lipinski definition) is 1. The Kier molecular flexibility index (Phi) is 6.58. The molecule has 1 N–H and O–H groups in total. The topological polar surface area (TPSA) is 30.5 Å². The van der Waals surface area contributed by atoms with Crippen molar-refractivity contribution < 1.29 is 13.9 Å². The van der Waals surface area contributed by atoms with E-state index in [0.717, 1.165) is 12.0 Å². The van der Waals surface area contributed by atoms with Crippen LogP contribution >= 0.6 is 0 Å². The Bertz CT molecular complexity index is 331. The molecule has 0 saturated carbocycles. The highest BCUT2D eigenvalue weighted by Crippen LogP contribution is 2.18. The number of benzene rings is 1. The summed E-state index contributed by atoms with van der Waals surface area (Å²) in [7, 11) is 1.83. The summed E-state index contributed by atoms with van der Waals surface area (Å²) >= 11 is 0. The first-order chi connectivity index (χ1) is 8.27. The van der Waals surface area contributed by atoms with Crippen LogP contribution in [-0.2, 0) is 11.3 Å². The van der Waals surface area contributed by atoms with Gasteiger partial charge >= 0.3 is 0 Å². The zero-order valence-corrected chi connectivity index (χ0v) is 10.5. The number of ether oxygens (including phenoxy) is 2. The van der Waals surface area contributed by atoms with Gasteiger partial charge in [0, 0.05) is 26.2 Å². The normalized spacial score (nSPS) is 10.5. The molecule has 1 aromatic carbocycles. The predicted octanol–water partition coefficient (Wildman–Crippen LogP) is 2.35. The van der Waals surface area contributed by atoms with Crippen LogP contribution in [0.2, 0.25) is 0 Å². The van der Waals surface area contributed by atoms with Crippen molar-refractivity contribution in [3.8, 4) is 5.75 Å². The Labute approximate surface area is 102 Å². The summed E-state index contributed by atoms with van der Waals surface area (Å²) in [5.41, 5.74) is 0.909. The molecule has 17 heavy (non-hydrogen) atoms. The van der Waals surface area contributed by atoms with E-state index in [-0.39, 0.29) is 5.82 Å². The summed E-state index contributed by atoms with van der Waals surface area (Å²) in [6, 6.07) is 5.02. The molecule has 1 aromatic rings. The second-order valence-electron chi connectivity index (χ2n) is 3.69. The minimum absolute atomic E-state index is 0.307. The summed E-state index contributed by atoms with van der Waals surface area (Å²) in [5.74, 6) is -0.00416. The molecule has 0 unspecified atom stereocenters. The minimum atomic E-state index is -0.311. The Morgan fingerprint density at radius 2 is 2.12 bits per heavy atom. The second-order valence-corrected chi connectivity index (χ2v) is 3.69. The Morgan fingerprint density at radius 3 is 2.76 bits per heavy atom. The van der Waals surface area contributed by atoms with E-state index < -0.39 is 0 Å². The lowest BCUT2D eigenvalue weighted by molar-refractivity contribution is 0.130. The van der Waals surface area contributed by atoms with Gasteiger partial charge in [-0.3, -0.25) is 0 Å². The Hall–Kier alpha value is -1.13. The molecule has 0 amide bonds. The third-order valence-electron chi connectivity index (χ3n) is 2.27. The van der Waals surface area contributed by atoms with Crippen molar-refractivity contribution in [2.24, 2.45) is 0 Å². The smallest absolute Gasteiger partial charge is 0.165 e. The van der Waals surface area contributed by atoms with Gasteiger partial charge in [-0.1, -0.05) is 6.07 Å². The van der Waals surface area contributed by atoms with E-state index in [1.807, 2.05) is 20.0 Å². The molecule has 0 spiro atoms. The molecule has 4 heteroatoms. The van der Waals surface area contributed by atoms with Gasteiger partial charge in [0.15, 0.2) is 11.6 Å². The Balaban J connectivity index is 2.38. The lowest BCUT2D eigenvalue weighted by Crippen LogP contribution is -2.07. The molecule has 0 saturated heterocycles. The fourth-order valence-electron chi connectivity index (χ4n) is 1.46. The lowest BCUT2D eigenvalue weighted by Gasteiger charge is -2.08. The first-order valence-corrected chi connectivity index (χ1v) is 5.91. The van der Waals surface area contributed by atoms with Gasteiger partial charge in [-0.25, -0.2) is 4.39 Å². The largest absolute Gasteiger partial charge is 0.490 e. The van der Waals surface area contributed by atoms with E-state index in [4.69, 9.17) is 9.47 Å². The van der Waals surface area contributed by atoms with E-state index >= 15 is 0 Å². The van der Waals surface area contributed by atoms with E-state index in [2.05, 4.69) is 5.32 Å². The molecule has 0 aliphatic heterocycles. The summed E-state index contributed by atoms with van der Waals surface area (Å²) in [6.45, 7) is 4.42. The molecule has 0 radical (unpaired) electrons. The zero-order chi connectivity index (χ0) is 12.5. The molecule has 0 aliphatic rings. The molecular weight excluding hydrogens is 221 g/mol. The fourth-order valence-corrected chi connectivity index (χ4v) is 1.46. The van der Waals surface area contributed by atoms with Gasteiger partial charge < -0.3 is 14.8 Å². The number of hydrogen-bond acceptors (Lipinski definition) is 3. The maximum atomic E-state index is 13.6. The summed E-state index contributed by atoms with van der Waals surface area (Å²) in [6.07, 6.45) is 0.769. The third kappa shape index (κ3) is 5.15. The number of rotatable bonds is 8. The lowest BCUT2D eigenvalue weighted by atomic mass is 10.2. The highest BCUT2D eigenvalue weighted by atomic mass is 19.1. The molecule has 0 fully saturated rings. The molecule has 0 heterocycles. The monoisotopic (exact) mass is 241 g/mol. The van der Waals surface area contributed by atoms with Gasteiger partial charge in [0.2, 0.25) is 0 Å². The first-order valence-electron chi connectivity index (χ1n) is 5.91. The minimum Gasteiger partial charge on any atom is -0.490 e. The molecule has 3 nitrogen and oxygen atoms in total. The second kappa shape index (κ2) is 8.03. The maximum absolute atomic E-state index is 13.6. The quantitative estimate of drug-likeness (QED) is 0.709. The maximum Gasteiger partial charge on any atom is 0.165 e. The molecule has 0 bridgehead atoms. The van der Waals surface area contributed by atoms with Crippen LogP contribution in [0.1, 0.15) is 18.9 Å². The van der Waals surface area contributed by atoms with Crippen molar-refractivity contribution in [2.75, 3.05) is 26.9 Å². The highest BCUT2D eigenvalue weighted by Gasteiger charge is 2.04. The van der Waals surface area contributed by atoms with Gasteiger partial charge in [0.05, 0.1) is 6.61 Å². The van der Waals surface area contributed by atoms with Crippen LogP contribution in [0.25, 0.3) is 0 Å². The van der Waals surface area contributed by atoms with Crippen molar-refractivity contribution in [2.45, 2.75) is 19.9 Å². The van der Waals surface area contributed by atoms with Crippen molar-refractivity contribution in [3.05, 3.63) is 29.6 Å². The van der Waals surface area contributed by atoms with Crippen LogP contribution in [0, 0.1) is 5.82 Å². The van der Waals surface area contributed by atoms with Crippen molar-refractivity contribution >= 4 is 0 Å². The first kappa shape index (κ1) is 13.9. The predicted molar refractivity (Wildman–Crippen MR) is 65.8 cm³/mol. The van der Waals surface area contributed by atoms with Crippen LogP contribution in [0.4, 0.5) is 4.39 Å². The van der Waals surface area contributed by atoms with E-state index in [1.165, 1.54) is 6.07 Å². The molecule has 1 rings (SSSR count). The summed E-state index contributed by atoms with van der Waals surface area (Å²) < 4.78 is 24.1. The zero-order valence-electron chi connectivity index (χ0n) is 10.5. The third-order valence-corrected chi connectivity index (χ3v) is 2.27. The fraction of sp³-hybridized carbons (Fsp3) is 0.538. The van der Waals surface area contributed by atoms with Gasteiger partial charge in [0.25, 0.3) is 0 Å². The summed E-state index contributed by atoms with van der Waals surface area (Å²) in [4.78, 5) is 0. The van der Waals surface area contributed by atoms with Crippen molar-refractivity contribution in [1.82, 2.24) is 5.32 Å². The Morgan fingerprint density at radius 1 is 1.29 bits per heavy atom. The van der Waals surface area contributed by atoms with Crippen molar-refractivity contribution in [3.63, 3.8) is 0 Å². The van der Waals surface area contributed by atoms with Gasteiger partial charge in [0.1, 0.15) is 0 Å². The molecule has 0 atom stereocenters. The van der Waals surface area contributed by atoms with Crippen LogP contribution in [0.3, 0.4) is 0 Å². The highest BCUT2D eigenvalue weighted by molar-refractivity contribution is 5.29. The molecular formula is C13H20FNO2. The van der Waals surface area contributed by atoms with Gasteiger partial charge in [-0.2, -0.15) is 0 Å². The van der Waals surface area contributed by atoms with Crippen molar-refractivity contribution in [1.29, 1.82) is 0 Å². The number of halogens is 1. The average Bonchev–Trinajstić information content (AvgIpc) is 2.32. The molecule has 96 valence electrons.